The van der Waals surface area contributed by atoms with Gasteiger partial charge in [0.05, 0.1) is 30.9 Å². The fourth-order valence-corrected chi connectivity index (χ4v) is 4.26. The first-order valence-electron chi connectivity index (χ1n) is 8.83. The van der Waals surface area contributed by atoms with Crippen molar-refractivity contribution in [2.45, 2.75) is 24.5 Å². The summed E-state index contributed by atoms with van der Waals surface area (Å²) in [5, 5.41) is 2.74. The number of nitrogens with one attached hydrogen (secondary N) is 1. The van der Waals surface area contributed by atoms with Crippen molar-refractivity contribution in [2.24, 2.45) is 0 Å². The van der Waals surface area contributed by atoms with Crippen LogP contribution in [0.4, 0.5) is 5.69 Å². The lowest BCUT2D eigenvalue weighted by molar-refractivity contribution is -0.222. The fourth-order valence-electron chi connectivity index (χ4n) is 2.82. The van der Waals surface area contributed by atoms with E-state index in [1.807, 2.05) is 0 Å². The summed E-state index contributed by atoms with van der Waals surface area (Å²) in [6.07, 6.45) is 1.10. The second-order valence-corrected chi connectivity index (χ2v) is 8.70. The monoisotopic (exact) mass is 426 g/mol. The van der Waals surface area contributed by atoms with Crippen LogP contribution in [0.25, 0.3) is 0 Å². The molecule has 2 heterocycles. The van der Waals surface area contributed by atoms with Crippen molar-refractivity contribution in [1.82, 2.24) is 4.31 Å². The number of morpholine rings is 1. The average molecular weight is 426 g/mol. The van der Waals surface area contributed by atoms with E-state index in [-0.39, 0.29) is 29.2 Å². The Morgan fingerprint density at radius 3 is 2.34 bits per heavy atom. The Morgan fingerprint density at radius 2 is 1.76 bits per heavy atom. The van der Waals surface area contributed by atoms with Crippen LogP contribution in [-0.2, 0) is 33.8 Å². The molecule has 2 saturated heterocycles. The number of sulfonamides is 1. The van der Waals surface area contributed by atoms with Gasteiger partial charge in [-0.1, -0.05) is 0 Å². The van der Waals surface area contributed by atoms with Crippen LogP contribution in [-0.4, -0.2) is 63.9 Å². The van der Waals surface area contributed by atoms with E-state index in [1.54, 1.807) is 0 Å². The summed E-state index contributed by atoms with van der Waals surface area (Å²) in [4.78, 5) is 24.1. The van der Waals surface area contributed by atoms with Gasteiger partial charge in [-0.2, -0.15) is 4.31 Å². The zero-order valence-corrected chi connectivity index (χ0v) is 17.1. The first kappa shape index (κ1) is 21.1. The van der Waals surface area contributed by atoms with Crippen molar-refractivity contribution in [3.63, 3.8) is 0 Å². The van der Waals surface area contributed by atoms with E-state index in [9.17, 15) is 18.0 Å². The molecule has 0 spiro atoms. The predicted octanol–water partition coefficient (Wildman–Crippen LogP) is 0.848. The van der Waals surface area contributed by atoms with Gasteiger partial charge in [0.25, 0.3) is 5.79 Å². The first-order valence-corrected chi connectivity index (χ1v) is 10.3. The highest BCUT2D eigenvalue weighted by molar-refractivity contribution is 7.89. The Hall–Kier alpha value is -2.63. The van der Waals surface area contributed by atoms with E-state index in [4.69, 9.17) is 18.9 Å². The minimum absolute atomic E-state index is 0.0380. The molecule has 0 bridgehead atoms. The van der Waals surface area contributed by atoms with Gasteiger partial charge in [0, 0.05) is 33.1 Å². The van der Waals surface area contributed by atoms with Gasteiger partial charge in [-0.3, -0.25) is 0 Å². The summed E-state index contributed by atoms with van der Waals surface area (Å²) >= 11 is 0. The van der Waals surface area contributed by atoms with Crippen molar-refractivity contribution >= 4 is 27.6 Å². The molecule has 0 unspecified atom stereocenters. The lowest BCUT2D eigenvalue weighted by atomic mass is 10.2. The molecule has 0 radical (unpaired) electrons. The standard InChI is InChI=1S/C18H22N2O8S/c1-18(2)27-16(21)13(17(22)28-18)11-19-14-10-12(4-5-15(14)25-3)29(23,24)20-6-8-26-9-7-20/h4-5,10-11,19H,6-9H2,1-3H3. The van der Waals surface area contributed by atoms with Gasteiger partial charge < -0.3 is 24.3 Å². The second-order valence-electron chi connectivity index (χ2n) is 6.76. The normalized spacial score (nSPS) is 19.9. The van der Waals surface area contributed by atoms with Gasteiger partial charge in [-0.15, -0.1) is 0 Å². The zero-order chi connectivity index (χ0) is 21.2. The minimum Gasteiger partial charge on any atom is -0.495 e. The van der Waals surface area contributed by atoms with Crippen LogP contribution < -0.4 is 10.1 Å². The Morgan fingerprint density at radius 1 is 1.14 bits per heavy atom. The number of hydrogen-bond donors (Lipinski definition) is 1. The maximum Gasteiger partial charge on any atom is 0.350 e. The third kappa shape index (κ3) is 4.52. The van der Waals surface area contributed by atoms with Crippen molar-refractivity contribution in [3.8, 4) is 5.75 Å². The van der Waals surface area contributed by atoms with E-state index in [1.165, 1.54) is 43.5 Å². The van der Waals surface area contributed by atoms with Gasteiger partial charge in [0.1, 0.15) is 5.75 Å². The summed E-state index contributed by atoms with van der Waals surface area (Å²) in [5.41, 5.74) is -0.104. The van der Waals surface area contributed by atoms with Crippen LogP contribution in [0.2, 0.25) is 0 Å². The quantitative estimate of drug-likeness (QED) is 0.415. The Kier molecular flexibility index (Phi) is 5.82. The SMILES string of the molecule is COc1ccc(S(=O)(=O)N2CCOCC2)cc1NC=C1C(=O)OC(C)(C)OC1=O. The van der Waals surface area contributed by atoms with E-state index in [0.717, 1.165) is 6.20 Å². The number of esters is 2. The van der Waals surface area contributed by atoms with Crippen molar-refractivity contribution in [2.75, 3.05) is 38.7 Å². The number of carbonyl (C=O) groups is 2. The molecule has 3 rings (SSSR count). The largest absolute Gasteiger partial charge is 0.495 e. The molecule has 0 amide bonds. The maximum atomic E-state index is 12.9. The van der Waals surface area contributed by atoms with Crippen molar-refractivity contribution < 1.29 is 37.0 Å². The summed E-state index contributed by atoms with van der Waals surface area (Å²) < 4.78 is 47.5. The first-order chi connectivity index (χ1) is 13.6. The molecule has 2 fully saturated rings. The number of ether oxygens (including phenoxy) is 4. The summed E-state index contributed by atoms with van der Waals surface area (Å²) in [7, 11) is -2.32. The number of cyclic esters (lactones) is 2. The number of nitrogens with zero attached hydrogens (tertiary/aromatic N) is 1. The van der Waals surface area contributed by atoms with Gasteiger partial charge in [0.15, 0.2) is 5.57 Å². The Bertz CT molecular complexity index is 927. The molecule has 29 heavy (non-hydrogen) atoms. The van der Waals surface area contributed by atoms with Crippen LogP contribution in [0, 0.1) is 0 Å². The molecule has 1 aromatic rings. The molecule has 10 nitrogen and oxygen atoms in total. The van der Waals surface area contributed by atoms with E-state index < -0.39 is 27.7 Å². The number of hydrogen-bond acceptors (Lipinski definition) is 9. The number of carbonyl (C=O) groups excluding carboxylic acids is 2. The fraction of sp³-hybridized carbons (Fsp3) is 0.444. The molecule has 158 valence electrons. The summed E-state index contributed by atoms with van der Waals surface area (Å²) in [5.74, 6) is -2.74. The Labute approximate surface area is 168 Å². The number of anilines is 1. The smallest absolute Gasteiger partial charge is 0.350 e. The Balaban J connectivity index is 1.88. The summed E-state index contributed by atoms with van der Waals surface area (Å²) in [6.45, 7) is 4.05. The molecule has 0 saturated carbocycles. The molecular weight excluding hydrogens is 404 g/mol. The van der Waals surface area contributed by atoms with E-state index in [0.29, 0.717) is 19.0 Å². The molecule has 1 aromatic carbocycles. The minimum atomic E-state index is -3.74. The highest BCUT2D eigenvalue weighted by atomic mass is 32.2. The average Bonchev–Trinajstić information content (AvgIpc) is 2.67. The van der Waals surface area contributed by atoms with Crippen LogP contribution in [0.15, 0.2) is 34.9 Å². The van der Waals surface area contributed by atoms with Crippen molar-refractivity contribution in [3.05, 3.63) is 30.0 Å². The molecule has 11 heteroatoms. The highest BCUT2D eigenvalue weighted by Crippen LogP contribution is 2.30. The zero-order valence-electron chi connectivity index (χ0n) is 16.3. The maximum absolute atomic E-state index is 12.9. The lowest BCUT2D eigenvalue weighted by Gasteiger charge is -2.29. The lowest BCUT2D eigenvalue weighted by Crippen LogP contribution is -2.42. The van der Waals surface area contributed by atoms with E-state index in [2.05, 4.69) is 5.32 Å². The third-order valence-corrected chi connectivity index (χ3v) is 6.16. The van der Waals surface area contributed by atoms with Crippen LogP contribution in [0.3, 0.4) is 0 Å². The van der Waals surface area contributed by atoms with Gasteiger partial charge in [0.2, 0.25) is 10.0 Å². The summed E-state index contributed by atoms with van der Waals surface area (Å²) in [6, 6.07) is 4.27. The predicted molar refractivity (Wildman–Crippen MR) is 101 cm³/mol. The molecule has 0 aliphatic carbocycles. The third-order valence-electron chi connectivity index (χ3n) is 4.27. The highest BCUT2D eigenvalue weighted by Gasteiger charge is 2.39. The number of methoxy groups -OCH3 is 1. The van der Waals surface area contributed by atoms with E-state index >= 15 is 0 Å². The molecular formula is C18H22N2O8S. The van der Waals surface area contributed by atoms with Crippen LogP contribution in [0.5, 0.6) is 5.75 Å². The van der Waals surface area contributed by atoms with Crippen molar-refractivity contribution in [1.29, 1.82) is 0 Å². The molecule has 0 atom stereocenters. The molecule has 0 aromatic heterocycles. The molecule has 1 N–H and O–H groups in total. The van der Waals surface area contributed by atoms with Crippen LogP contribution in [0.1, 0.15) is 13.8 Å². The number of benzene rings is 1. The second kappa shape index (κ2) is 8.01. The molecule has 2 aliphatic rings. The number of rotatable bonds is 5. The topological polar surface area (TPSA) is 120 Å². The van der Waals surface area contributed by atoms with Gasteiger partial charge in [-0.25, -0.2) is 18.0 Å². The molecule has 2 aliphatic heterocycles. The van der Waals surface area contributed by atoms with Gasteiger partial charge >= 0.3 is 11.9 Å². The van der Waals surface area contributed by atoms with Crippen LogP contribution >= 0.6 is 0 Å². The van der Waals surface area contributed by atoms with Gasteiger partial charge in [-0.05, 0) is 18.2 Å².